The van der Waals surface area contributed by atoms with Crippen LogP contribution in [0.2, 0.25) is 5.02 Å². The highest BCUT2D eigenvalue weighted by atomic mass is 35.5. The third-order valence-electron chi connectivity index (χ3n) is 3.13. The second kappa shape index (κ2) is 7.09. The zero-order valence-electron chi connectivity index (χ0n) is 12.9. The molecule has 0 fully saturated rings. The predicted molar refractivity (Wildman–Crippen MR) is 84.7 cm³/mol. The van der Waals surface area contributed by atoms with Gasteiger partial charge in [0.1, 0.15) is 17.1 Å². The minimum absolute atomic E-state index is 0.0927. The number of nitrogens with one attached hydrogen (secondary N) is 1. The summed E-state index contributed by atoms with van der Waals surface area (Å²) in [6.45, 7) is 3.44. The first-order valence-corrected chi connectivity index (χ1v) is 7.38. The van der Waals surface area contributed by atoms with Gasteiger partial charge in [0.25, 0.3) is 0 Å². The van der Waals surface area contributed by atoms with Crippen molar-refractivity contribution in [1.29, 1.82) is 0 Å². The van der Waals surface area contributed by atoms with E-state index in [0.29, 0.717) is 10.7 Å². The molecule has 0 saturated carbocycles. The second-order valence-electron chi connectivity index (χ2n) is 4.90. The van der Waals surface area contributed by atoms with E-state index >= 15 is 0 Å². The number of halogens is 4. The van der Waals surface area contributed by atoms with E-state index in [-0.39, 0.29) is 18.0 Å². The number of aromatic nitrogens is 1. The molecule has 0 aliphatic rings. The Morgan fingerprint density at radius 3 is 2.62 bits per heavy atom. The Labute approximate surface area is 141 Å². The third kappa shape index (κ3) is 4.17. The van der Waals surface area contributed by atoms with E-state index in [9.17, 15) is 18.0 Å². The van der Waals surface area contributed by atoms with E-state index < -0.39 is 17.8 Å². The predicted octanol–water partition coefficient (Wildman–Crippen LogP) is 4.98. The van der Waals surface area contributed by atoms with Crippen molar-refractivity contribution in [2.24, 2.45) is 0 Å². The fourth-order valence-electron chi connectivity index (χ4n) is 1.94. The normalized spacial score (nSPS) is 11.2. The minimum atomic E-state index is -4.63. The van der Waals surface area contributed by atoms with Crippen molar-refractivity contribution < 1.29 is 22.7 Å². The molecule has 0 spiro atoms. The van der Waals surface area contributed by atoms with Crippen molar-refractivity contribution in [3.63, 3.8) is 0 Å². The van der Waals surface area contributed by atoms with Crippen LogP contribution in [0.15, 0.2) is 30.3 Å². The molecule has 2 rings (SSSR count). The summed E-state index contributed by atoms with van der Waals surface area (Å²) in [5, 5.41) is 3.13. The molecule has 1 aromatic heterocycles. The van der Waals surface area contributed by atoms with Crippen LogP contribution in [0, 0.1) is 6.92 Å². The molecule has 8 heteroatoms. The Kier molecular flexibility index (Phi) is 5.33. The van der Waals surface area contributed by atoms with Crippen molar-refractivity contribution in [3.8, 4) is 0 Å². The number of aryl methyl sites for hydroxylation is 1. The molecule has 4 nitrogen and oxygen atoms in total. The first kappa shape index (κ1) is 18.1. The Morgan fingerprint density at radius 2 is 2.00 bits per heavy atom. The molecule has 0 atom stereocenters. The maximum absolute atomic E-state index is 12.9. The monoisotopic (exact) mass is 358 g/mol. The van der Waals surface area contributed by atoms with Gasteiger partial charge in [-0.25, -0.2) is 9.78 Å². The average Bonchev–Trinajstić information content (AvgIpc) is 2.50. The number of benzene rings is 1. The van der Waals surface area contributed by atoms with Crippen molar-refractivity contribution in [1.82, 2.24) is 4.98 Å². The fraction of sp³-hybridized carbons (Fsp3) is 0.250. The molecule has 0 aliphatic heterocycles. The molecule has 2 aromatic rings. The van der Waals surface area contributed by atoms with E-state index in [1.807, 2.05) is 0 Å². The Hall–Kier alpha value is -2.28. The quantitative estimate of drug-likeness (QED) is 0.783. The number of nitrogens with zero attached hydrogens (tertiary/aromatic N) is 1. The van der Waals surface area contributed by atoms with Crippen LogP contribution in [0.3, 0.4) is 0 Å². The van der Waals surface area contributed by atoms with Crippen LogP contribution in [0.5, 0.6) is 0 Å². The van der Waals surface area contributed by atoms with Gasteiger partial charge >= 0.3 is 12.1 Å². The lowest BCUT2D eigenvalue weighted by molar-refractivity contribution is -0.141. The molecule has 0 bridgehead atoms. The minimum Gasteiger partial charge on any atom is -0.462 e. The molecule has 0 radical (unpaired) electrons. The lowest BCUT2D eigenvalue weighted by Gasteiger charge is -2.15. The summed E-state index contributed by atoms with van der Waals surface area (Å²) in [7, 11) is 0. The summed E-state index contributed by atoms with van der Waals surface area (Å²) in [5.74, 6) is -1.01. The van der Waals surface area contributed by atoms with Crippen LogP contribution in [0.25, 0.3) is 0 Å². The average molecular weight is 359 g/mol. The number of rotatable bonds is 4. The highest BCUT2D eigenvalue weighted by Crippen LogP contribution is 2.31. The van der Waals surface area contributed by atoms with Gasteiger partial charge in [0.2, 0.25) is 0 Å². The lowest BCUT2D eigenvalue weighted by atomic mass is 10.1. The first-order valence-electron chi connectivity index (χ1n) is 7.01. The van der Waals surface area contributed by atoms with Gasteiger partial charge in [-0.1, -0.05) is 17.7 Å². The van der Waals surface area contributed by atoms with E-state index in [1.54, 1.807) is 26.0 Å². The summed E-state index contributed by atoms with van der Waals surface area (Å²) in [4.78, 5) is 15.5. The van der Waals surface area contributed by atoms with E-state index in [1.165, 1.54) is 6.07 Å². The SMILES string of the molecule is CCOC(=O)c1ccc(C(F)(F)F)nc1Nc1cc(Cl)ccc1C. The lowest BCUT2D eigenvalue weighted by Crippen LogP contribution is -2.14. The Balaban J connectivity index is 2.51. The number of pyridine rings is 1. The summed E-state index contributed by atoms with van der Waals surface area (Å²) < 4.78 is 43.6. The number of anilines is 2. The van der Waals surface area contributed by atoms with Gasteiger partial charge in [-0.15, -0.1) is 0 Å². The second-order valence-corrected chi connectivity index (χ2v) is 5.33. The van der Waals surface area contributed by atoms with Crippen molar-refractivity contribution in [2.45, 2.75) is 20.0 Å². The van der Waals surface area contributed by atoms with E-state index in [2.05, 4.69) is 10.3 Å². The van der Waals surface area contributed by atoms with Gasteiger partial charge in [-0.2, -0.15) is 13.2 Å². The molecule has 0 unspecified atom stereocenters. The summed E-state index contributed by atoms with van der Waals surface area (Å²) in [6, 6.07) is 6.66. The van der Waals surface area contributed by atoms with Gasteiger partial charge in [0.15, 0.2) is 0 Å². The molecule has 0 amide bonds. The van der Waals surface area contributed by atoms with Gasteiger partial charge in [0.05, 0.1) is 6.61 Å². The van der Waals surface area contributed by atoms with Crippen LogP contribution in [-0.2, 0) is 10.9 Å². The molecular formula is C16H14ClF3N2O2. The number of esters is 1. The van der Waals surface area contributed by atoms with Crippen LogP contribution in [-0.4, -0.2) is 17.6 Å². The Bertz CT molecular complexity index is 763. The summed E-state index contributed by atoms with van der Waals surface area (Å²) >= 11 is 5.91. The number of carbonyl (C=O) groups is 1. The topological polar surface area (TPSA) is 51.2 Å². The van der Waals surface area contributed by atoms with E-state index in [0.717, 1.165) is 17.7 Å². The molecule has 24 heavy (non-hydrogen) atoms. The summed E-state index contributed by atoms with van der Waals surface area (Å²) in [5.41, 5.74) is -0.0322. The zero-order valence-corrected chi connectivity index (χ0v) is 13.6. The molecule has 0 saturated heterocycles. The number of ether oxygens (including phenoxy) is 1. The first-order chi connectivity index (χ1) is 11.2. The zero-order chi connectivity index (χ0) is 17.9. The highest BCUT2D eigenvalue weighted by molar-refractivity contribution is 6.30. The van der Waals surface area contributed by atoms with Crippen LogP contribution in [0.4, 0.5) is 24.7 Å². The third-order valence-corrected chi connectivity index (χ3v) is 3.37. The fourth-order valence-corrected chi connectivity index (χ4v) is 2.11. The largest absolute Gasteiger partial charge is 0.462 e. The van der Waals surface area contributed by atoms with Crippen LogP contribution < -0.4 is 5.32 Å². The number of hydrogen-bond donors (Lipinski definition) is 1. The molecule has 1 aromatic carbocycles. The molecule has 0 aliphatic carbocycles. The maximum atomic E-state index is 12.9. The van der Waals surface area contributed by atoms with Crippen LogP contribution in [0.1, 0.15) is 28.5 Å². The Morgan fingerprint density at radius 1 is 1.29 bits per heavy atom. The van der Waals surface area contributed by atoms with Gasteiger partial charge in [-0.05, 0) is 43.7 Å². The summed E-state index contributed by atoms with van der Waals surface area (Å²) in [6.07, 6.45) is -4.63. The smallest absolute Gasteiger partial charge is 0.433 e. The van der Waals surface area contributed by atoms with Crippen molar-refractivity contribution in [3.05, 3.63) is 52.2 Å². The number of alkyl halides is 3. The molecule has 1 heterocycles. The van der Waals surface area contributed by atoms with Crippen molar-refractivity contribution >= 4 is 29.1 Å². The number of carbonyl (C=O) groups excluding carboxylic acids is 1. The maximum Gasteiger partial charge on any atom is 0.433 e. The highest BCUT2D eigenvalue weighted by Gasteiger charge is 2.33. The van der Waals surface area contributed by atoms with Gasteiger partial charge in [0, 0.05) is 10.7 Å². The molecule has 1 N–H and O–H groups in total. The standard InChI is InChI=1S/C16H14ClF3N2O2/c1-3-24-15(23)11-6-7-13(16(18,19)20)22-14(11)21-12-8-10(17)5-4-9(12)2/h4-8H,3H2,1-2H3,(H,21,22). The van der Waals surface area contributed by atoms with Crippen molar-refractivity contribution in [2.75, 3.05) is 11.9 Å². The molecular weight excluding hydrogens is 345 g/mol. The molecule has 128 valence electrons. The number of hydrogen-bond acceptors (Lipinski definition) is 4. The van der Waals surface area contributed by atoms with Crippen LogP contribution >= 0.6 is 11.6 Å². The van der Waals surface area contributed by atoms with E-state index in [4.69, 9.17) is 16.3 Å². The van der Waals surface area contributed by atoms with Gasteiger partial charge < -0.3 is 10.1 Å². The van der Waals surface area contributed by atoms with Gasteiger partial charge in [-0.3, -0.25) is 0 Å².